The molecule has 0 aromatic heterocycles. The Kier molecular flexibility index (Phi) is 3.51. The zero-order valence-electron chi connectivity index (χ0n) is 8.05. The molecule has 1 saturated carbocycles. The van der Waals surface area contributed by atoms with E-state index in [1.807, 2.05) is 0 Å². The van der Waals surface area contributed by atoms with E-state index in [4.69, 9.17) is 11.6 Å². The molecule has 1 unspecified atom stereocenters. The SMILES string of the molecule is ClC(Cc1cccc(Br)c1)C1CCC1. The second-order valence-electron chi connectivity index (χ2n) is 4.04. The van der Waals surface area contributed by atoms with Crippen LogP contribution < -0.4 is 0 Å². The van der Waals surface area contributed by atoms with Gasteiger partial charge in [-0.25, -0.2) is 0 Å². The van der Waals surface area contributed by atoms with E-state index in [1.165, 1.54) is 24.8 Å². The fourth-order valence-electron chi connectivity index (χ4n) is 1.86. The number of halogens is 2. The number of rotatable bonds is 3. The van der Waals surface area contributed by atoms with Crippen LogP contribution in [0.2, 0.25) is 0 Å². The van der Waals surface area contributed by atoms with Gasteiger partial charge in [-0.05, 0) is 42.9 Å². The third-order valence-corrected chi connectivity index (χ3v) is 3.98. The number of alkyl halides is 1. The van der Waals surface area contributed by atoms with Crippen molar-refractivity contribution in [3.63, 3.8) is 0 Å². The highest BCUT2D eigenvalue weighted by molar-refractivity contribution is 9.10. The Morgan fingerprint density at radius 1 is 1.43 bits per heavy atom. The third-order valence-electron chi connectivity index (χ3n) is 2.98. The van der Waals surface area contributed by atoms with E-state index in [1.54, 1.807) is 0 Å². The third kappa shape index (κ3) is 2.52. The lowest BCUT2D eigenvalue weighted by molar-refractivity contribution is 0.302. The molecule has 1 aromatic rings. The number of hydrogen-bond donors (Lipinski definition) is 0. The van der Waals surface area contributed by atoms with Gasteiger partial charge in [0.05, 0.1) is 0 Å². The van der Waals surface area contributed by atoms with E-state index >= 15 is 0 Å². The van der Waals surface area contributed by atoms with E-state index in [-0.39, 0.29) is 0 Å². The van der Waals surface area contributed by atoms with Crippen LogP contribution in [0.3, 0.4) is 0 Å². The molecule has 0 amide bonds. The van der Waals surface area contributed by atoms with Crippen LogP contribution in [0.4, 0.5) is 0 Å². The van der Waals surface area contributed by atoms with Crippen LogP contribution in [-0.4, -0.2) is 5.38 Å². The molecule has 1 fully saturated rings. The zero-order valence-corrected chi connectivity index (χ0v) is 10.4. The largest absolute Gasteiger partial charge is 0.122 e. The monoisotopic (exact) mass is 272 g/mol. The van der Waals surface area contributed by atoms with E-state index in [9.17, 15) is 0 Å². The van der Waals surface area contributed by atoms with Crippen molar-refractivity contribution in [2.45, 2.75) is 31.1 Å². The Bertz CT molecular complexity index is 307. The Morgan fingerprint density at radius 3 is 2.79 bits per heavy atom. The van der Waals surface area contributed by atoms with Gasteiger partial charge in [0, 0.05) is 9.85 Å². The van der Waals surface area contributed by atoms with Gasteiger partial charge in [0.2, 0.25) is 0 Å². The smallest absolute Gasteiger partial charge is 0.0404 e. The molecule has 0 N–H and O–H groups in total. The van der Waals surface area contributed by atoms with Crippen LogP contribution in [0.15, 0.2) is 28.7 Å². The molecule has 0 spiro atoms. The summed E-state index contributed by atoms with van der Waals surface area (Å²) in [5.74, 6) is 0.760. The van der Waals surface area contributed by atoms with Gasteiger partial charge in [-0.1, -0.05) is 34.5 Å². The maximum Gasteiger partial charge on any atom is 0.0404 e. The molecule has 0 bridgehead atoms. The highest BCUT2D eigenvalue weighted by Gasteiger charge is 2.25. The Hall–Kier alpha value is -0.0100. The molecule has 1 aromatic carbocycles. The molecule has 1 aliphatic rings. The maximum absolute atomic E-state index is 6.35. The first-order chi connectivity index (χ1) is 6.75. The zero-order chi connectivity index (χ0) is 9.97. The van der Waals surface area contributed by atoms with Crippen molar-refractivity contribution in [3.05, 3.63) is 34.3 Å². The molecule has 1 aliphatic carbocycles. The van der Waals surface area contributed by atoms with Gasteiger partial charge in [0.15, 0.2) is 0 Å². The molecule has 2 rings (SSSR count). The normalized spacial score (nSPS) is 19.0. The lowest BCUT2D eigenvalue weighted by atomic mass is 9.81. The fourth-order valence-corrected chi connectivity index (χ4v) is 2.73. The molecule has 2 heteroatoms. The number of hydrogen-bond acceptors (Lipinski definition) is 0. The van der Waals surface area contributed by atoms with Gasteiger partial charge in [-0.3, -0.25) is 0 Å². The van der Waals surface area contributed by atoms with Gasteiger partial charge in [-0.2, -0.15) is 0 Å². The van der Waals surface area contributed by atoms with Crippen molar-refractivity contribution >= 4 is 27.5 Å². The summed E-state index contributed by atoms with van der Waals surface area (Å²) in [5.41, 5.74) is 1.34. The van der Waals surface area contributed by atoms with Crippen molar-refractivity contribution < 1.29 is 0 Å². The van der Waals surface area contributed by atoms with Gasteiger partial charge in [0.25, 0.3) is 0 Å². The minimum Gasteiger partial charge on any atom is -0.122 e. The van der Waals surface area contributed by atoms with Crippen LogP contribution in [0, 0.1) is 5.92 Å². The summed E-state index contributed by atoms with van der Waals surface area (Å²) < 4.78 is 1.15. The highest BCUT2D eigenvalue weighted by Crippen LogP contribution is 2.34. The van der Waals surface area contributed by atoms with Crippen LogP contribution >= 0.6 is 27.5 Å². The highest BCUT2D eigenvalue weighted by atomic mass is 79.9. The van der Waals surface area contributed by atoms with Crippen molar-refractivity contribution in [1.29, 1.82) is 0 Å². The summed E-state index contributed by atoms with van der Waals surface area (Å²) in [7, 11) is 0. The summed E-state index contributed by atoms with van der Waals surface area (Å²) in [4.78, 5) is 0. The summed E-state index contributed by atoms with van der Waals surface area (Å²) in [6.45, 7) is 0. The molecule has 76 valence electrons. The molecule has 0 nitrogen and oxygen atoms in total. The lowest BCUT2D eigenvalue weighted by Gasteiger charge is -2.29. The standard InChI is InChI=1S/C12H14BrCl/c13-11-6-1-3-9(7-11)8-12(14)10-4-2-5-10/h1,3,6-7,10,12H,2,4-5,8H2. The van der Waals surface area contributed by atoms with E-state index in [0.29, 0.717) is 5.38 Å². The first-order valence-corrected chi connectivity index (χ1v) is 6.37. The predicted octanol–water partition coefficient (Wildman–Crippen LogP) is 4.40. The molecular formula is C12H14BrCl. The van der Waals surface area contributed by atoms with E-state index < -0.39 is 0 Å². The van der Waals surface area contributed by atoms with Crippen molar-refractivity contribution in [3.8, 4) is 0 Å². The van der Waals surface area contributed by atoms with Gasteiger partial charge < -0.3 is 0 Å². The minimum atomic E-state index is 0.332. The Morgan fingerprint density at radius 2 is 2.21 bits per heavy atom. The number of benzene rings is 1. The summed E-state index contributed by atoms with van der Waals surface area (Å²) in [6.07, 6.45) is 5.02. The van der Waals surface area contributed by atoms with E-state index in [0.717, 1.165) is 16.8 Å². The predicted molar refractivity (Wildman–Crippen MR) is 64.8 cm³/mol. The first kappa shape index (κ1) is 10.5. The summed E-state index contributed by atoms with van der Waals surface area (Å²) in [5, 5.41) is 0.332. The van der Waals surface area contributed by atoms with Crippen LogP contribution in [0.25, 0.3) is 0 Å². The summed E-state index contributed by atoms with van der Waals surface area (Å²) >= 11 is 9.83. The van der Waals surface area contributed by atoms with Gasteiger partial charge >= 0.3 is 0 Å². The average molecular weight is 274 g/mol. The molecule has 0 aliphatic heterocycles. The second-order valence-corrected chi connectivity index (χ2v) is 5.52. The second kappa shape index (κ2) is 4.67. The lowest BCUT2D eigenvalue weighted by Crippen LogP contribution is -2.24. The topological polar surface area (TPSA) is 0 Å². The van der Waals surface area contributed by atoms with Crippen LogP contribution in [0.5, 0.6) is 0 Å². The van der Waals surface area contributed by atoms with E-state index in [2.05, 4.69) is 40.2 Å². The molecule has 0 heterocycles. The Balaban J connectivity index is 1.95. The van der Waals surface area contributed by atoms with Crippen LogP contribution in [-0.2, 0) is 6.42 Å². The van der Waals surface area contributed by atoms with Crippen molar-refractivity contribution in [2.24, 2.45) is 5.92 Å². The van der Waals surface area contributed by atoms with Gasteiger partial charge in [0.1, 0.15) is 0 Å². The molecule has 0 radical (unpaired) electrons. The molecule has 0 saturated heterocycles. The molecular weight excluding hydrogens is 259 g/mol. The maximum atomic E-state index is 6.35. The van der Waals surface area contributed by atoms with Crippen LogP contribution in [0.1, 0.15) is 24.8 Å². The molecule has 1 atom stereocenters. The minimum absolute atomic E-state index is 0.332. The van der Waals surface area contributed by atoms with Gasteiger partial charge in [-0.15, -0.1) is 11.6 Å². The Labute approximate surface area is 98.8 Å². The van der Waals surface area contributed by atoms with Crippen molar-refractivity contribution in [2.75, 3.05) is 0 Å². The molecule has 14 heavy (non-hydrogen) atoms. The summed E-state index contributed by atoms with van der Waals surface area (Å²) in [6, 6.07) is 8.44. The average Bonchev–Trinajstić information content (AvgIpc) is 1.99. The fraction of sp³-hybridized carbons (Fsp3) is 0.500. The first-order valence-electron chi connectivity index (χ1n) is 5.14. The van der Waals surface area contributed by atoms with Crippen molar-refractivity contribution in [1.82, 2.24) is 0 Å². The quantitative estimate of drug-likeness (QED) is 0.716.